The fraction of sp³-hybridized carbons (Fsp3) is 1.00. The summed E-state index contributed by atoms with van der Waals surface area (Å²) in [6.07, 6.45) is 10.6. The normalized spacial score (nSPS) is 60.0. The molecule has 0 amide bonds. The summed E-state index contributed by atoms with van der Waals surface area (Å²) in [5.41, 5.74) is 0.0965. The molecular formula is C19H32O2. The highest BCUT2D eigenvalue weighted by molar-refractivity contribution is 5.13. The second-order valence-corrected chi connectivity index (χ2v) is 9.23. The van der Waals surface area contributed by atoms with Crippen LogP contribution < -0.4 is 0 Å². The van der Waals surface area contributed by atoms with Gasteiger partial charge < -0.3 is 9.84 Å². The zero-order valence-electron chi connectivity index (χ0n) is 14.0. The molecule has 21 heavy (non-hydrogen) atoms. The van der Waals surface area contributed by atoms with Crippen LogP contribution in [0.3, 0.4) is 0 Å². The molecular weight excluding hydrogens is 260 g/mol. The third-order valence-electron chi connectivity index (χ3n) is 8.55. The summed E-state index contributed by atoms with van der Waals surface area (Å²) in [5, 5.41) is 10.9. The zero-order valence-corrected chi connectivity index (χ0v) is 14.0. The van der Waals surface area contributed by atoms with Gasteiger partial charge in [0.25, 0.3) is 0 Å². The molecule has 0 aromatic carbocycles. The van der Waals surface area contributed by atoms with E-state index >= 15 is 0 Å². The van der Waals surface area contributed by atoms with Gasteiger partial charge in [0.15, 0.2) is 0 Å². The Labute approximate surface area is 129 Å². The van der Waals surface area contributed by atoms with Crippen LogP contribution in [0, 0.1) is 28.6 Å². The number of rotatable bonds is 0. The summed E-state index contributed by atoms with van der Waals surface area (Å²) in [7, 11) is 0. The number of hydrogen-bond donors (Lipinski definition) is 1. The van der Waals surface area contributed by atoms with Crippen molar-refractivity contribution in [1.82, 2.24) is 0 Å². The molecule has 4 fully saturated rings. The number of aliphatic hydroxyl groups is 1. The van der Waals surface area contributed by atoms with Crippen molar-refractivity contribution in [3.8, 4) is 0 Å². The SMILES string of the molecule is CC1(O)CC[C@H]2[C@@H]3OCC4CCCC[C@]4(C)[C@@H]3CC[C@@]21C. The van der Waals surface area contributed by atoms with E-state index in [0.29, 0.717) is 17.4 Å². The fourth-order valence-corrected chi connectivity index (χ4v) is 6.68. The molecule has 120 valence electrons. The number of fused-ring (bicyclic) bond motifs is 5. The monoisotopic (exact) mass is 292 g/mol. The van der Waals surface area contributed by atoms with Gasteiger partial charge in [0.05, 0.1) is 18.3 Å². The summed E-state index contributed by atoms with van der Waals surface area (Å²) in [4.78, 5) is 0. The molecule has 7 atom stereocenters. The van der Waals surface area contributed by atoms with E-state index in [0.717, 1.165) is 31.3 Å². The first kappa shape index (κ1) is 14.5. The average Bonchev–Trinajstić information content (AvgIpc) is 2.69. The Morgan fingerprint density at radius 1 is 0.905 bits per heavy atom. The number of ether oxygens (including phenoxy) is 1. The van der Waals surface area contributed by atoms with Crippen LogP contribution in [0.25, 0.3) is 0 Å². The van der Waals surface area contributed by atoms with Crippen LogP contribution in [-0.2, 0) is 4.74 Å². The van der Waals surface area contributed by atoms with Crippen molar-refractivity contribution in [2.75, 3.05) is 6.61 Å². The highest BCUT2D eigenvalue weighted by atomic mass is 16.5. The minimum absolute atomic E-state index is 0.0754. The van der Waals surface area contributed by atoms with Crippen molar-refractivity contribution in [2.45, 2.75) is 83.8 Å². The maximum Gasteiger partial charge on any atom is 0.0676 e. The topological polar surface area (TPSA) is 29.5 Å². The van der Waals surface area contributed by atoms with E-state index in [1.165, 1.54) is 38.5 Å². The minimum atomic E-state index is -0.490. The van der Waals surface area contributed by atoms with Crippen LogP contribution in [0.4, 0.5) is 0 Å². The molecule has 1 heterocycles. The molecule has 0 spiro atoms. The maximum atomic E-state index is 10.9. The van der Waals surface area contributed by atoms with Crippen molar-refractivity contribution in [3.05, 3.63) is 0 Å². The lowest BCUT2D eigenvalue weighted by Gasteiger charge is -2.60. The third-order valence-corrected chi connectivity index (χ3v) is 8.55. The maximum absolute atomic E-state index is 10.9. The van der Waals surface area contributed by atoms with Crippen molar-refractivity contribution in [1.29, 1.82) is 0 Å². The summed E-state index contributed by atoms with van der Waals surface area (Å²) >= 11 is 0. The predicted octanol–water partition coefficient (Wildman–Crippen LogP) is 4.16. The predicted molar refractivity (Wildman–Crippen MR) is 84.0 cm³/mol. The first-order valence-corrected chi connectivity index (χ1v) is 9.22. The van der Waals surface area contributed by atoms with Gasteiger partial charge in [-0.25, -0.2) is 0 Å². The lowest BCUT2D eigenvalue weighted by molar-refractivity contribution is -0.217. The van der Waals surface area contributed by atoms with Crippen LogP contribution in [0.5, 0.6) is 0 Å². The molecule has 3 aliphatic carbocycles. The lowest BCUT2D eigenvalue weighted by Crippen LogP contribution is -2.59. The van der Waals surface area contributed by atoms with Gasteiger partial charge in [-0.3, -0.25) is 0 Å². The first-order chi connectivity index (χ1) is 9.88. The Hall–Kier alpha value is -0.0800. The Balaban J connectivity index is 1.66. The van der Waals surface area contributed by atoms with Crippen LogP contribution in [0.1, 0.15) is 72.1 Å². The smallest absolute Gasteiger partial charge is 0.0676 e. The van der Waals surface area contributed by atoms with Gasteiger partial charge in [0, 0.05) is 5.41 Å². The molecule has 0 aromatic heterocycles. The summed E-state index contributed by atoms with van der Waals surface area (Å²) in [5.74, 6) is 2.10. The Morgan fingerprint density at radius 2 is 1.67 bits per heavy atom. The summed E-state index contributed by atoms with van der Waals surface area (Å²) in [6, 6.07) is 0. The summed E-state index contributed by atoms with van der Waals surface area (Å²) < 4.78 is 6.48. The molecule has 0 radical (unpaired) electrons. The van der Waals surface area contributed by atoms with Gasteiger partial charge in [0.1, 0.15) is 0 Å². The molecule has 2 heteroatoms. The molecule has 0 aromatic rings. The molecule has 4 rings (SSSR count). The molecule has 2 unspecified atom stereocenters. The van der Waals surface area contributed by atoms with E-state index in [2.05, 4.69) is 20.8 Å². The second kappa shape index (κ2) is 4.47. The van der Waals surface area contributed by atoms with E-state index in [4.69, 9.17) is 4.74 Å². The first-order valence-electron chi connectivity index (χ1n) is 9.22. The van der Waals surface area contributed by atoms with E-state index < -0.39 is 5.60 Å². The Bertz CT molecular complexity index is 431. The van der Waals surface area contributed by atoms with Gasteiger partial charge in [-0.05, 0) is 68.6 Å². The van der Waals surface area contributed by atoms with Gasteiger partial charge in [0.2, 0.25) is 0 Å². The van der Waals surface area contributed by atoms with Crippen LogP contribution >= 0.6 is 0 Å². The molecule has 3 saturated carbocycles. The van der Waals surface area contributed by atoms with E-state index in [-0.39, 0.29) is 5.41 Å². The quantitative estimate of drug-likeness (QED) is 0.726. The van der Waals surface area contributed by atoms with Crippen molar-refractivity contribution in [2.24, 2.45) is 28.6 Å². The number of hydrogen-bond acceptors (Lipinski definition) is 2. The Kier molecular flexibility index (Phi) is 3.09. The van der Waals surface area contributed by atoms with Crippen molar-refractivity contribution >= 4 is 0 Å². The van der Waals surface area contributed by atoms with Gasteiger partial charge >= 0.3 is 0 Å². The standard InChI is InChI=1S/C19H32O2/c1-17-9-5-4-6-13(17)12-21-16-14(17)7-10-18(2)15(16)8-11-19(18,3)20/h13-16,20H,4-12H2,1-3H3/t13?,14-,15+,16-,17+,18+,19?/m1/s1. The molecule has 1 aliphatic heterocycles. The highest BCUT2D eigenvalue weighted by Gasteiger charge is 2.63. The van der Waals surface area contributed by atoms with Gasteiger partial charge in [-0.15, -0.1) is 0 Å². The van der Waals surface area contributed by atoms with E-state index in [1.807, 2.05) is 0 Å². The second-order valence-electron chi connectivity index (χ2n) is 9.23. The van der Waals surface area contributed by atoms with Crippen molar-refractivity contribution < 1.29 is 9.84 Å². The molecule has 0 bridgehead atoms. The fourth-order valence-electron chi connectivity index (χ4n) is 6.68. The van der Waals surface area contributed by atoms with Gasteiger partial charge in [-0.2, -0.15) is 0 Å². The van der Waals surface area contributed by atoms with Crippen LogP contribution in [-0.4, -0.2) is 23.4 Å². The van der Waals surface area contributed by atoms with E-state index in [9.17, 15) is 5.11 Å². The van der Waals surface area contributed by atoms with Crippen LogP contribution in [0.2, 0.25) is 0 Å². The Morgan fingerprint density at radius 3 is 2.48 bits per heavy atom. The van der Waals surface area contributed by atoms with Crippen LogP contribution in [0.15, 0.2) is 0 Å². The lowest BCUT2D eigenvalue weighted by atomic mass is 9.50. The van der Waals surface area contributed by atoms with E-state index in [1.54, 1.807) is 0 Å². The third kappa shape index (κ3) is 1.78. The minimum Gasteiger partial charge on any atom is -0.390 e. The molecule has 1 saturated heterocycles. The van der Waals surface area contributed by atoms with Crippen molar-refractivity contribution in [3.63, 3.8) is 0 Å². The molecule has 2 nitrogen and oxygen atoms in total. The summed E-state index contributed by atoms with van der Waals surface area (Å²) in [6.45, 7) is 7.94. The largest absolute Gasteiger partial charge is 0.390 e. The average molecular weight is 292 g/mol. The highest BCUT2D eigenvalue weighted by Crippen LogP contribution is 2.64. The zero-order chi connectivity index (χ0) is 14.9. The van der Waals surface area contributed by atoms with Gasteiger partial charge in [-0.1, -0.05) is 26.7 Å². The molecule has 1 N–H and O–H groups in total. The molecule has 4 aliphatic rings.